The third-order valence-corrected chi connectivity index (χ3v) is 12.6. The Labute approximate surface area is 272 Å². The Morgan fingerprint density at radius 3 is 2.67 bits per heavy atom. The second-order valence-corrected chi connectivity index (χ2v) is 14.8. The van der Waals surface area contributed by atoms with Gasteiger partial charge in [-0.1, -0.05) is 45.4 Å². The molecule has 4 aliphatic rings. The number of ketones is 1. The van der Waals surface area contributed by atoms with E-state index in [0.29, 0.717) is 49.4 Å². The fraction of sp³-hybridized carbons (Fsp3) is 0.600. The first-order chi connectivity index (χ1) is 21.8. The molecule has 6 rings (SSSR count). The van der Waals surface area contributed by atoms with Gasteiger partial charge in [0.25, 0.3) is 0 Å². The van der Waals surface area contributed by atoms with Crippen molar-refractivity contribution in [3.8, 4) is 5.69 Å². The zero-order valence-corrected chi connectivity index (χ0v) is 27.8. The van der Waals surface area contributed by atoms with Crippen LogP contribution >= 0.6 is 11.8 Å². The minimum absolute atomic E-state index is 0.0356. The predicted molar refractivity (Wildman–Crippen MR) is 170 cm³/mol. The second kappa shape index (κ2) is 11.7. The highest BCUT2D eigenvalue weighted by molar-refractivity contribution is 8.13. The SMILES string of the molecule is CCC(=O)c1cccc(-n2ncc3c2C=C2CC[C@H]4[C@@H]5C[C@@H](C)[C@](OC(=O)COC)(C(=O)SCF)[C@@]5(C)C[C@H](O)[C@]4(F)[C@@]2(C)C3)c1. The first kappa shape index (κ1) is 33.0. The lowest BCUT2D eigenvalue weighted by molar-refractivity contribution is -0.231. The van der Waals surface area contributed by atoms with Crippen molar-refractivity contribution in [3.05, 3.63) is 52.9 Å². The standard InChI is InChI=1S/C35H42F2N2O6S/c1-6-28(40)21-8-7-9-24(13-21)39-27-14-23-10-11-25-26-12-20(2)35(31(43)46-19-36,45-30(42)18-44-5)33(26,4)16-29(41)34(25,37)32(23,3)15-22(27)17-38-39/h7-9,13-14,17,20,25-26,29,41H,6,10-12,15-16,18-19H2,1-5H3/t20-,25+,26+,29+,32+,33+,34+,35+/m1/s1. The van der Waals surface area contributed by atoms with Gasteiger partial charge in [0.15, 0.2) is 11.4 Å². The van der Waals surface area contributed by atoms with Crippen molar-refractivity contribution >= 4 is 34.7 Å². The van der Waals surface area contributed by atoms with Gasteiger partial charge in [-0.2, -0.15) is 5.10 Å². The van der Waals surface area contributed by atoms with Crippen LogP contribution in [-0.2, 0) is 25.5 Å². The maximum absolute atomic E-state index is 18.2. The van der Waals surface area contributed by atoms with E-state index >= 15 is 4.39 Å². The van der Waals surface area contributed by atoms with E-state index in [1.807, 2.05) is 38.1 Å². The molecule has 1 aromatic carbocycles. The summed E-state index contributed by atoms with van der Waals surface area (Å²) in [5, 5.41) is 16.0. The van der Waals surface area contributed by atoms with Gasteiger partial charge < -0.3 is 14.6 Å². The van der Waals surface area contributed by atoms with Gasteiger partial charge in [0, 0.05) is 41.8 Å². The van der Waals surface area contributed by atoms with Gasteiger partial charge in [0.05, 0.1) is 23.7 Å². The molecular weight excluding hydrogens is 614 g/mol. The van der Waals surface area contributed by atoms with E-state index in [1.165, 1.54) is 7.11 Å². The highest BCUT2D eigenvalue weighted by Gasteiger charge is 2.77. The van der Waals surface area contributed by atoms with E-state index in [-0.39, 0.29) is 18.8 Å². The van der Waals surface area contributed by atoms with E-state index in [2.05, 4.69) is 5.10 Å². The lowest BCUT2D eigenvalue weighted by atomic mass is 9.44. The average molecular weight is 657 g/mol. The summed E-state index contributed by atoms with van der Waals surface area (Å²) in [4.78, 5) is 39.0. The first-order valence-electron chi connectivity index (χ1n) is 16.0. The third-order valence-electron chi connectivity index (χ3n) is 11.9. The van der Waals surface area contributed by atoms with E-state index in [1.54, 1.807) is 30.8 Å². The summed E-state index contributed by atoms with van der Waals surface area (Å²) >= 11 is 0.453. The molecule has 11 heteroatoms. The molecule has 0 amide bonds. The molecule has 0 aliphatic heterocycles. The molecule has 46 heavy (non-hydrogen) atoms. The zero-order valence-electron chi connectivity index (χ0n) is 27.0. The highest BCUT2D eigenvalue weighted by Crippen LogP contribution is 2.72. The lowest BCUT2D eigenvalue weighted by Gasteiger charge is -2.63. The largest absolute Gasteiger partial charge is 0.447 e. The number of hydrogen-bond donors (Lipinski definition) is 1. The van der Waals surface area contributed by atoms with Crippen LogP contribution in [0.1, 0.15) is 81.4 Å². The van der Waals surface area contributed by atoms with Crippen molar-refractivity contribution < 1.29 is 37.7 Å². The van der Waals surface area contributed by atoms with Gasteiger partial charge in [0.2, 0.25) is 5.12 Å². The number of carbonyl (C=O) groups is 3. The lowest BCUT2D eigenvalue weighted by Crippen LogP contribution is -2.70. The van der Waals surface area contributed by atoms with Gasteiger partial charge in [-0.05, 0) is 73.6 Å². The quantitative estimate of drug-likeness (QED) is 0.270. The number of benzene rings is 1. The van der Waals surface area contributed by atoms with Crippen molar-refractivity contribution in [2.24, 2.45) is 28.6 Å². The maximum atomic E-state index is 18.2. The number of nitrogens with zero attached hydrogens (tertiary/aromatic N) is 2. The van der Waals surface area contributed by atoms with Crippen LogP contribution in [0.4, 0.5) is 8.78 Å². The van der Waals surface area contributed by atoms with Crippen LogP contribution in [0.15, 0.2) is 36.0 Å². The summed E-state index contributed by atoms with van der Waals surface area (Å²) in [5.41, 5.74) is -2.06. The Morgan fingerprint density at radius 1 is 1.22 bits per heavy atom. The Morgan fingerprint density at radius 2 is 1.98 bits per heavy atom. The molecule has 1 N–H and O–H groups in total. The van der Waals surface area contributed by atoms with Gasteiger partial charge in [0.1, 0.15) is 18.3 Å². The van der Waals surface area contributed by atoms with E-state index in [4.69, 9.17) is 9.47 Å². The number of esters is 1. The van der Waals surface area contributed by atoms with Crippen LogP contribution in [-0.4, -0.2) is 68.9 Å². The van der Waals surface area contributed by atoms with Crippen LogP contribution in [0.25, 0.3) is 11.8 Å². The number of thioether (sulfide) groups is 1. The molecule has 1 aromatic heterocycles. The minimum Gasteiger partial charge on any atom is -0.447 e. The van der Waals surface area contributed by atoms with Crippen molar-refractivity contribution in [2.45, 2.75) is 83.6 Å². The average Bonchev–Trinajstić information content (AvgIpc) is 3.52. The van der Waals surface area contributed by atoms with Crippen molar-refractivity contribution in [2.75, 3.05) is 19.7 Å². The van der Waals surface area contributed by atoms with Crippen LogP contribution in [0.5, 0.6) is 0 Å². The predicted octanol–water partition coefficient (Wildman–Crippen LogP) is 6.07. The summed E-state index contributed by atoms with van der Waals surface area (Å²) in [6, 6.07) is 6.33. The van der Waals surface area contributed by atoms with E-state index < -0.39 is 63.0 Å². The smallest absolute Gasteiger partial charge is 0.333 e. The van der Waals surface area contributed by atoms with E-state index in [0.717, 1.165) is 22.5 Å². The van der Waals surface area contributed by atoms with Gasteiger partial charge in [-0.25, -0.2) is 18.3 Å². The number of hydrogen-bond acceptors (Lipinski definition) is 8. The molecule has 1 heterocycles. The molecule has 3 saturated carbocycles. The fourth-order valence-electron chi connectivity index (χ4n) is 9.77. The number of aromatic nitrogens is 2. The Bertz CT molecular complexity index is 1610. The van der Waals surface area contributed by atoms with Crippen molar-refractivity contribution in [1.29, 1.82) is 0 Å². The van der Waals surface area contributed by atoms with E-state index in [9.17, 15) is 23.9 Å². The monoisotopic (exact) mass is 656 g/mol. The molecule has 248 valence electrons. The summed E-state index contributed by atoms with van der Waals surface area (Å²) in [7, 11) is 1.34. The number of methoxy groups -OCH3 is 1. The number of ether oxygens (including phenoxy) is 2. The number of aliphatic hydroxyl groups excluding tert-OH is 1. The zero-order chi connectivity index (χ0) is 33.2. The first-order valence-corrected chi connectivity index (χ1v) is 17.0. The Hall–Kier alpha value is -2.89. The maximum Gasteiger partial charge on any atom is 0.333 e. The number of rotatable bonds is 8. The van der Waals surface area contributed by atoms with Gasteiger partial charge in [-0.3, -0.25) is 9.59 Å². The van der Waals surface area contributed by atoms with Gasteiger partial charge in [-0.15, -0.1) is 0 Å². The number of alkyl halides is 2. The van der Waals surface area contributed by atoms with Crippen molar-refractivity contribution in [3.63, 3.8) is 0 Å². The summed E-state index contributed by atoms with van der Waals surface area (Å²) in [5.74, 6) is -2.28. The number of halogens is 2. The second-order valence-electron chi connectivity index (χ2n) is 13.9. The number of fused-ring (bicyclic) bond motifs is 6. The highest BCUT2D eigenvalue weighted by atomic mass is 32.2. The summed E-state index contributed by atoms with van der Waals surface area (Å²) in [6.07, 6.45) is 4.23. The molecule has 8 nitrogen and oxygen atoms in total. The molecule has 0 spiro atoms. The molecule has 4 aliphatic carbocycles. The van der Waals surface area contributed by atoms with Crippen molar-refractivity contribution in [1.82, 2.24) is 9.78 Å². The summed E-state index contributed by atoms with van der Waals surface area (Å²) < 4.78 is 44.6. The molecule has 8 atom stereocenters. The van der Waals surface area contributed by atoms with Gasteiger partial charge >= 0.3 is 5.97 Å². The number of aliphatic hydroxyl groups is 1. The number of Topliss-reactive ketones (excluding diaryl/α,β-unsaturated/α-hetero) is 1. The normalized spacial score (nSPS) is 36.1. The summed E-state index contributed by atoms with van der Waals surface area (Å²) in [6.45, 7) is 6.92. The van der Waals surface area contributed by atoms with Crippen LogP contribution in [0.3, 0.4) is 0 Å². The van der Waals surface area contributed by atoms with Crippen LogP contribution in [0, 0.1) is 28.6 Å². The third kappa shape index (κ3) is 4.44. The molecule has 0 radical (unpaired) electrons. The minimum atomic E-state index is -2.04. The topological polar surface area (TPSA) is 108 Å². The molecule has 3 fully saturated rings. The Kier molecular flexibility index (Phi) is 8.38. The number of carbonyl (C=O) groups excluding carboxylic acids is 3. The van der Waals surface area contributed by atoms with Crippen LogP contribution in [0.2, 0.25) is 0 Å². The fourth-order valence-corrected chi connectivity index (χ4v) is 10.6. The molecular formula is C35H42F2N2O6S. The number of allylic oxidation sites excluding steroid dienone is 1. The molecule has 0 bridgehead atoms. The molecule has 0 unspecified atom stereocenters. The molecule has 0 saturated heterocycles. The van der Waals surface area contributed by atoms with Crippen LogP contribution < -0.4 is 0 Å². The molecule has 2 aromatic rings. The Balaban J connectivity index is 1.39.